The fourth-order valence-corrected chi connectivity index (χ4v) is 4.36. The van der Waals surface area contributed by atoms with Gasteiger partial charge in [0.1, 0.15) is 23.0 Å². The average molecular weight is 455 g/mol. The molecule has 0 saturated carbocycles. The quantitative estimate of drug-likeness (QED) is 0.279. The maximum atomic E-state index is 11.2. The summed E-state index contributed by atoms with van der Waals surface area (Å²) in [5.74, 6) is 1.06. The molecule has 4 aromatic rings. The van der Waals surface area contributed by atoms with Gasteiger partial charge in [-0.3, -0.25) is 0 Å². The van der Waals surface area contributed by atoms with Crippen molar-refractivity contribution in [3.8, 4) is 23.0 Å². The van der Waals surface area contributed by atoms with Gasteiger partial charge in [-0.1, -0.05) is 48.5 Å². The van der Waals surface area contributed by atoms with Crippen LogP contribution < -0.4 is 0 Å². The summed E-state index contributed by atoms with van der Waals surface area (Å²) in [5.41, 5.74) is 8.24. The SMILES string of the molecule is Cc1cc(Cc2cc(Cc3ccc(O)c(C)c3)c(O)c(Cc3ccc(O)c(C)c3)c2)ccc1O. The Balaban J connectivity index is 1.74. The molecule has 0 heterocycles. The Morgan fingerprint density at radius 2 is 0.794 bits per heavy atom. The maximum Gasteiger partial charge on any atom is 0.122 e. The number of phenolic OH excluding ortho intramolecular Hbond substituents is 4. The van der Waals surface area contributed by atoms with Crippen molar-refractivity contribution < 1.29 is 20.4 Å². The second-order valence-electron chi connectivity index (χ2n) is 9.16. The predicted molar refractivity (Wildman–Crippen MR) is 135 cm³/mol. The van der Waals surface area contributed by atoms with Crippen LogP contribution in [-0.4, -0.2) is 20.4 Å². The van der Waals surface area contributed by atoms with Crippen LogP contribution in [-0.2, 0) is 19.3 Å². The molecule has 34 heavy (non-hydrogen) atoms. The molecular weight excluding hydrogens is 424 g/mol. The van der Waals surface area contributed by atoms with Gasteiger partial charge in [0.25, 0.3) is 0 Å². The van der Waals surface area contributed by atoms with E-state index in [4.69, 9.17) is 0 Å². The van der Waals surface area contributed by atoms with E-state index in [1.54, 1.807) is 18.2 Å². The number of hydrogen-bond acceptors (Lipinski definition) is 4. The summed E-state index contributed by atoms with van der Waals surface area (Å²) in [6.07, 6.45) is 1.75. The Morgan fingerprint density at radius 3 is 1.15 bits per heavy atom. The van der Waals surface area contributed by atoms with Gasteiger partial charge < -0.3 is 20.4 Å². The van der Waals surface area contributed by atoms with E-state index in [0.29, 0.717) is 19.3 Å². The predicted octanol–water partition coefficient (Wildman–Crippen LogP) is 6.21. The minimum Gasteiger partial charge on any atom is -0.508 e. The van der Waals surface area contributed by atoms with E-state index in [-0.39, 0.29) is 23.0 Å². The molecule has 0 saturated heterocycles. The number of rotatable bonds is 6. The fourth-order valence-electron chi connectivity index (χ4n) is 4.36. The summed E-state index contributed by atoms with van der Waals surface area (Å²) in [6, 6.07) is 20.7. The summed E-state index contributed by atoms with van der Waals surface area (Å²) < 4.78 is 0. The Kier molecular flexibility index (Phi) is 6.51. The van der Waals surface area contributed by atoms with Gasteiger partial charge in [0.05, 0.1) is 0 Å². The molecule has 4 nitrogen and oxygen atoms in total. The molecule has 0 spiro atoms. The summed E-state index contributed by atoms with van der Waals surface area (Å²) in [5, 5.41) is 40.8. The molecule has 174 valence electrons. The lowest BCUT2D eigenvalue weighted by Gasteiger charge is -2.15. The van der Waals surface area contributed by atoms with Gasteiger partial charge in [-0.2, -0.15) is 0 Å². The summed E-state index contributed by atoms with van der Waals surface area (Å²) >= 11 is 0. The second kappa shape index (κ2) is 9.52. The van der Waals surface area contributed by atoms with E-state index in [1.807, 2.05) is 69.3 Å². The van der Waals surface area contributed by atoms with Crippen molar-refractivity contribution in [2.45, 2.75) is 40.0 Å². The van der Waals surface area contributed by atoms with Crippen molar-refractivity contribution in [1.82, 2.24) is 0 Å². The zero-order chi connectivity index (χ0) is 24.4. The molecule has 0 aliphatic rings. The molecule has 4 heteroatoms. The first-order valence-electron chi connectivity index (χ1n) is 11.4. The van der Waals surface area contributed by atoms with E-state index in [9.17, 15) is 20.4 Å². The zero-order valence-electron chi connectivity index (χ0n) is 19.8. The van der Waals surface area contributed by atoms with E-state index in [0.717, 1.165) is 50.1 Å². The van der Waals surface area contributed by atoms with Crippen molar-refractivity contribution in [3.63, 3.8) is 0 Å². The van der Waals surface area contributed by atoms with Gasteiger partial charge in [0, 0.05) is 12.8 Å². The first-order chi connectivity index (χ1) is 16.2. The Hall–Kier alpha value is -3.92. The third kappa shape index (κ3) is 5.18. The van der Waals surface area contributed by atoms with E-state index >= 15 is 0 Å². The van der Waals surface area contributed by atoms with Crippen LogP contribution in [0.15, 0.2) is 66.7 Å². The second-order valence-corrected chi connectivity index (χ2v) is 9.16. The number of benzene rings is 4. The van der Waals surface area contributed by atoms with Gasteiger partial charge in [0.2, 0.25) is 0 Å². The van der Waals surface area contributed by atoms with Crippen LogP contribution in [0.2, 0.25) is 0 Å². The van der Waals surface area contributed by atoms with Crippen LogP contribution in [0, 0.1) is 20.8 Å². The normalized spacial score (nSPS) is 11.0. The molecule has 0 aliphatic heterocycles. The maximum absolute atomic E-state index is 11.2. The van der Waals surface area contributed by atoms with Crippen LogP contribution >= 0.6 is 0 Å². The van der Waals surface area contributed by atoms with Crippen molar-refractivity contribution in [3.05, 3.63) is 117 Å². The summed E-state index contributed by atoms with van der Waals surface area (Å²) in [4.78, 5) is 0. The highest BCUT2D eigenvalue weighted by molar-refractivity contribution is 5.50. The van der Waals surface area contributed by atoms with Crippen molar-refractivity contribution in [1.29, 1.82) is 0 Å². The van der Waals surface area contributed by atoms with E-state index in [2.05, 4.69) is 0 Å². The zero-order valence-corrected chi connectivity index (χ0v) is 19.8. The first-order valence-corrected chi connectivity index (χ1v) is 11.4. The smallest absolute Gasteiger partial charge is 0.122 e. The molecule has 4 N–H and O–H groups in total. The highest BCUT2D eigenvalue weighted by atomic mass is 16.3. The summed E-state index contributed by atoms with van der Waals surface area (Å²) in [7, 11) is 0. The lowest BCUT2D eigenvalue weighted by Crippen LogP contribution is -2.00. The van der Waals surface area contributed by atoms with Gasteiger partial charge in [-0.05, 0) is 95.5 Å². The van der Waals surface area contributed by atoms with Crippen molar-refractivity contribution in [2.24, 2.45) is 0 Å². The van der Waals surface area contributed by atoms with E-state index < -0.39 is 0 Å². The minimum absolute atomic E-state index is 0.257. The Morgan fingerprint density at radius 1 is 0.441 bits per heavy atom. The monoisotopic (exact) mass is 454 g/mol. The lowest BCUT2D eigenvalue weighted by atomic mass is 9.92. The van der Waals surface area contributed by atoms with Gasteiger partial charge in [-0.15, -0.1) is 0 Å². The third-order valence-corrected chi connectivity index (χ3v) is 6.31. The highest BCUT2D eigenvalue weighted by Crippen LogP contribution is 2.32. The van der Waals surface area contributed by atoms with E-state index in [1.165, 1.54) is 0 Å². The van der Waals surface area contributed by atoms with Gasteiger partial charge in [0.15, 0.2) is 0 Å². The lowest BCUT2D eigenvalue weighted by molar-refractivity contribution is 0.463. The molecule has 0 unspecified atom stereocenters. The Bertz CT molecular complexity index is 1280. The molecule has 4 rings (SSSR count). The molecule has 0 amide bonds. The molecule has 0 fully saturated rings. The largest absolute Gasteiger partial charge is 0.508 e. The van der Waals surface area contributed by atoms with Crippen LogP contribution in [0.5, 0.6) is 23.0 Å². The van der Waals surface area contributed by atoms with Gasteiger partial charge >= 0.3 is 0 Å². The number of phenols is 4. The highest BCUT2D eigenvalue weighted by Gasteiger charge is 2.14. The third-order valence-electron chi connectivity index (χ3n) is 6.31. The minimum atomic E-state index is 0.257. The van der Waals surface area contributed by atoms with Crippen molar-refractivity contribution in [2.75, 3.05) is 0 Å². The number of aromatic hydroxyl groups is 4. The summed E-state index contributed by atoms with van der Waals surface area (Å²) in [6.45, 7) is 5.61. The van der Waals surface area contributed by atoms with Crippen LogP contribution in [0.25, 0.3) is 0 Å². The number of aryl methyl sites for hydroxylation is 3. The van der Waals surface area contributed by atoms with Crippen LogP contribution in [0.4, 0.5) is 0 Å². The molecule has 4 aromatic carbocycles. The Labute approximate surface area is 200 Å². The fraction of sp³-hybridized carbons (Fsp3) is 0.200. The standard InChI is InChI=1S/C30H30O4/c1-18-10-21(4-7-27(18)31)13-24-16-25(14-22-5-8-28(32)19(2)11-22)30(34)26(17-24)15-23-6-9-29(33)20(3)12-23/h4-12,16-17,31-34H,13-15H2,1-3H3. The molecule has 0 bridgehead atoms. The molecular formula is C30H30O4. The van der Waals surface area contributed by atoms with Gasteiger partial charge in [-0.25, -0.2) is 0 Å². The first kappa shape index (κ1) is 23.2. The van der Waals surface area contributed by atoms with Crippen LogP contribution in [0.3, 0.4) is 0 Å². The van der Waals surface area contributed by atoms with Crippen LogP contribution in [0.1, 0.15) is 50.1 Å². The molecule has 0 atom stereocenters. The number of hydrogen-bond donors (Lipinski definition) is 4. The molecule has 0 aliphatic carbocycles. The average Bonchev–Trinajstić information content (AvgIpc) is 2.79. The topological polar surface area (TPSA) is 80.9 Å². The van der Waals surface area contributed by atoms with Crippen molar-refractivity contribution >= 4 is 0 Å². The molecule has 0 radical (unpaired) electrons. The molecule has 0 aromatic heterocycles.